The maximum absolute atomic E-state index is 13.3. The standard InChI is InChI=1S/C26H28N2O3/c1-3-21(4-2)27-26(30)24-17-28(22-11-7-8-12-23(22)31-24)25(29)16-18-13-14-19-9-5-6-10-20(19)15-18/h5-15,21,24H,3-4,16-17H2,1-2H3,(H,27,30). The smallest absolute Gasteiger partial charge is 0.263 e. The number of ether oxygens (including phenoxy) is 1. The minimum absolute atomic E-state index is 0.0497. The molecule has 1 aliphatic heterocycles. The molecule has 0 aliphatic carbocycles. The van der Waals surface area contributed by atoms with Gasteiger partial charge in [0.05, 0.1) is 18.7 Å². The van der Waals surface area contributed by atoms with Crippen LogP contribution in [0.5, 0.6) is 5.75 Å². The van der Waals surface area contributed by atoms with Crippen LogP contribution in [0.25, 0.3) is 10.8 Å². The van der Waals surface area contributed by atoms with Crippen molar-refractivity contribution in [2.24, 2.45) is 0 Å². The molecule has 1 heterocycles. The summed E-state index contributed by atoms with van der Waals surface area (Å²) in [6.45, 7) is 4.30. The molecule has 1 N–H and O–H groups in total. The minimum atomic E-state index is -0.726. The number of carbonyl (C=O) groups is 2. The number of hydrogen-bond acceptors (Lipinski definition) is 3. The molecule has 5 nitrogen and oxygen atoms in total. The number of para-hydroxylation sites is 2. The van der Waals surface area contributed by atoms with Gasteiger partial charge < -0.3 is 15.0 Å². The fraction of sp³-hybridized carbons (Fsp3) is 0.308. The molecule has 3 aromatic rings. The normalized spacial score (nSPS) is 15.5. The van der Waals surface area contributed by atoms with E-state index >= 15 is 0 Å². The Labute approximate surface area is 183 Å². The Morgan fingerprint density at radius 1 is 1.00 bits per heavy atom. The SMILES string of the molecule is CCC(CC)NC(=O)C1CN(C(=O)Cc2ccc3ccccc3c2)c2ccccc2O1. The van der Waals surface area contributed by atoms with Crippen LogP contribution in [0, 0.1) is 0 Å². The van der Waals surface area contributed by atoms with Crippen molar-refractivity contribution in [1.29, 1.82) is 0 Å². The van der Waals surface area contributed by atoms with Crippen molar-refractivity contribution in [2.45, 2.75) is 45.3 Å². The summed E-state index contributed by atoms with van der Waals surface area (Å²) in [7, 11) is 0. The van der Waals surface area contributed by atoms with Gasteiger partial charge in [0.2, 0.25) is 5.91 Å². The molecule has 0 aromatic heterocycles. The second-order valence-corrected chi connectivity index (χ2v) is 7.96. The molecule has 0 spiro atoms. The number of anilines is 1. The third kappa shape index (κ3) is 4.55. The van der Waals surface area contributed by atoms with Crippen molar-refractivity contribution in [3.8, 4) is 5.75 Å². The maximum Gasteiger partial charge on any atom is 0.263 e. The Morgan fingerprint density at radius 2 is 1.71 bits per heavy atom. The first-order valence-corrected chi connectivity index (χ1v) is 10.9. The summed E-state index contributed by atoms with van der Waals surface area (Å²) in [6.07, 6.45) is 1.25. The first-order valence-electron chi connectivity index (χ1n) is 10.9. The lowest BCUT2D eigenvalue weighted by Gasteiger charge is -2.34. The summed E-state index contributed by atoms with van der Waals surface area (Å²) in [4.78, 5) is 27.8. The quantitative estimate of drug-likeness (QED) is 0.645. The topological polar surface area (TPSA) is 58.6 Å². The van der Waals surface area contributed by atoms with E-state index in [1.165, 1.54) is 0 Å². The first-order chi connectivity index (χ1) is 15.1. The van der Waals surface area contributed by atoms with Crippen molar-refractivity contribution in [1.82, 2.24) is 5.32 Å². The highest BCUT2D eigenvalue weighted by molar-refractivity contribution is 5.98. The average molecular weight is 417 g/mol. The Kier molecular flexibility index (Phi) is 6.21. The van der Waals surface area contributed by atoms with Crippen LogP contribution in [0.1, 0.15) is 32.3 Å². The number of amides is 2. The fourth-order valence-corrected chi connectivity index (χ4v) is 4.01. The zero-order chi connectivity index (χ0) is 21.8. The number of fused-ring (bicyclic) bond motifs is 2. The first kappa shape index (κ1) is 20.9. The zero-order valence-corrected chi connectivity index (χ0v) is 18.0. The minimum Gasteiger partial charge on any atom is -0.477 e. The summed E-state index contributed by atoms with van der Waals surface area (Å²) in [5.41, 5.74) is 1.66. The Balaban J connectivity index is 1.56. The monoisotopic (exact) mass is 416 g/mol. The van der Waals surface area contributed by atoms with E-state index in [0.29, 0.717) is 11.4 Å². The molecule has 5 heteroatoms. The van der Waals surface area contributed by atoms with Gasteiger partial charge in [-0.15, -0.1) is 0 Å². The molecular weight excluding hydrogens is 388 g/mol. The molecule has 160 valence electrons. The van der Waals surface area contributed by atoms with Crippen LogP contribution in [0.2, 0.25) is 0 Å². The molecule has 0 saturated heterocycles. The molecule has 1 atom stereocenters. The van der Waals surface area contributed by atoms with E-state index in [1.807, 2.05) is 68.4 Å². The summed E-state index contributed by atoms with van der Waals surface area (Å²) < 4.78 is 5.97. The third-order valence-corrected chi connectivity index (χ3v) is 5.87. The largest absolute Gasteiger partial charge is 0.477 e. The van der Waals surface area contributed by atoms with Crippen molar-refractivity contribution in [3.05, 3.63) is 72.3 Å². The summed E-state index contributed by atoms with van der Waals surface area (Å²) in [6, 6.07) is 21.7. The number of rotatable bonds is 6. The van der Waals surface area contributed by atoms with E-state index in [2.05, 4.69) is 17.4 Å². The maximum atomic E-state index is 13.3. The Morgan fingerprint density at radius 3 is 2.48 bits per heavy atom. The number of nitrogens with zero attached hydrogens (tertiary/aromatic N) is 1. The molecule has 31 heavy (non-hydrogen) atoms. The summed E-state index contributed by atoms with van der Waals surface area (Å²) >= 11 is 0. The fourth-order valence-electron chi connectivity index (χ4n) is 4.01. The molecule has 2 amide bonds. The van der Waals surface area contributed by atoms with Crippen molar-refractivity contribution < 1.29 is 14.3 Å². The second-order valence-electron chi connectivity index (χ2n) is 7.96. The summed E-state index contributed by atoms with van der Waals surface area (Å²) in [5, 5.41) is 5.30. The van der Waals surface area contributed by atoms with E-state index in [0.717, 1.165) is 29.2 Å². The van der Waals surface area contributed by atoms with Gasteiger partial charge in [-0.3, -0.25) is 9.59 Å². The van der Waals surface area contributed by atoms with Crippen LogP contribution in [0.3, 0.4) is 0 Å². The molecule has 1 unspecified atom stereocenters. The molecule has 3 aromatic carbocycles. The van der Waals surface area contributed by atoms with Crippen LogP contribution in [-0.4, -0.2) is 30.5 Å². The predicted molar refractivity (Wildman–Crippen MR) is 123 cm³/mol. The van der Waals surface area contributed by atoms with E-state index in [4.69, 9.17) is 4.74 Å². The molecule has 0 fully saturated rings. The van der Waals surface area contributed by atoms with Crippen molar-refractivity contribution in [2.75, 3.05) is 11.4 Å². The number of hydrogen-bond donors (Lipinski definition) is 1. The molecule has 0 radical (unpaired) electrons. The van der Waals surface area contributed by atoms with Gasteiger partial charge in [0.15, 0.2) is 6.10 Å². The highest BCUT2D eigenvalue weighted by Gasteiger charge is 2.34. The highest BCUT2D eigenvalue weighted by atomic mass is 16.5. The van der Waals surface area contributed by atoms with E-state index in [1.54, 1.807) is 4.90 Å². The second kappa shape index (κ2) is 9.21. The van der Waals surface area contributed by atoms with Crippen LogP contribution < -0.4 is 15.0 Å². The number of nitrogens with one attached hydrogen (secondary N) is 1. The lowest BCUT2D eigenvalue weighted by molar-refractivity contribution is -0.129. The molecule has 4 rings (SSSR count). The molecule has 0 saturated carbocycles. The lowest BCUT2D eigenvalue weighted by Crippen LogP contribution is -2.52. The molecule has 1 aliphatic rings. The third-order valence-electron chi connectivity index (χ3n) is 5.87. The van der Waals surface area contributed by atoms with E-state index in [9.17, 15) is 9.59 Å². The van der Waals surface area contributed by atoms with Crippen molar-refractivity contribution in [3.63, 3.8) is 0 Å². The van der Waals surface area contributed by atoms with Crippen molar-refractivity contribution >= 4 is 28.3 Å². The number of carbonyl (C=O) groups excluding carboxylic acids is 2. The Hall–Kier alpha value is -3.34. The zero-order valence-electron chi connectivity index (χ0n) is 18.0. The highest BCUT2D eigenvalue weighted by Crippen LogP contribution is 2.33. The molecule has 0 bridgehead atoms. The van der Waals surface area contributed by atoms with Gasteiger partial charge in [-0.2, -0.15) is 0 Å². The van der Waals surface area contributed by atoms with Crippen LogP contribution in [0.4, 0.5) is 5.69 Å². The van der Waals surface area contributed by atoms with Gasteiger partial charge in [-0.25, -0.2) is 0 Å². The molecular formula is C26H28N2O3. The lowest BCUT2D eigenvalue weighted by atomic mass is 10.0. The van der Waals surface area contributed by atoms with Gasteiger partial charge in [-0.1, -0.05) is 68.4 Å². The van der Waals surface area contributed by atoms with Gasteiger partial charge in [0, 0.05) is 6.04 Å². The predicted octanol–water partition coefficient (Wildman–Crippen LogP) is 4.48. The van der Waals surface area contributed by atoms with Crippen LogP contribution in [-0.2, 0) is 16.0 Å². The van der Waals surface area contributed by atoms with Gasteiger partial charge in [0.25, 0.3) is 5.91 Å². The summed E-state index contributed by atoms with van der Waals surface area (Å²) in [5.74, 6) is 0.336. The van der Waals surface area contributed by atoms with Gasteiger partial charge in [0.1, 0.15) is 5.75 Å². The number of benzene rings is 3. The average Bonchev–Trinajstić information content (AvgIpc) is 2.81. The van der Waals surface area contributed by atoms with E-state index < -0.39 is 6.10 Å². The van der Waals surface area contributed by atoms with Crippen LogP contribution >= 0.6 is 0 Å². The Bertz CT molecular complexity index is 1090. The van der Waals surface area contributed by atoms with Crippen LogP contribution in [0.15, 0.2) is 66.7 Å². The van der Waals surface area contributed by atoms with Gasteiger partial charge in [-0.05, 0) is 41.3 Å². The van der Waals surface area contributed by atoms with Gasteiger partial charge >= 0.3 is 0 Å². The van der Waals surface area contributed by atoms with E-state index in [-0.39, 0.29) is 30.8 Å².